The molecule has 7 aliphatic rings. The van der Waals surface area contributed by atoms with E-state index >= 15 is 26.3 Å². The fourth-order valence-corrected chi connectivity index (χ4v) is 24.1. The Morgan fingerprint density at radius 3 is 1.15 bits per heavy atom. The van der Waals surface area contributed by atoms with Gasteiger partial charge in [0.2, 0.25) is 15.6 Å². The molecule has 6 aliphatic carbocycles. The number of thioether (sulfide) groups is 4. The largest absolute Gasteiger partial charge is 0.379 e. The molecule has 5 atom stereocenters. The predicted octanol–water partition coefficient (Wildman–Crippen LogP) is 23.7. The number of aryl methyl sites for hydroxylation is 14. The first-order valence-electron chi connectivity index (χ1n) is 45.6. The number of alkyl halides is 10. The lowest BCUT2D eigenvalue weighted by atomic mass is 9.88. The normalized spacial score (nSPS) is 18.0. The zero-order valence-corrected chi connectivity index (χ0v) is 85.5. The van der Waals surface area contributed by atoms with E-state index in [1.807, 2.05) is 149 Å². The first kappa shape index (κ1) is 109. The van der Waals surface area contributed by atoms with Gasteiger partial charge >= 0.3 is 26.3 Å². The van der Waals surface area contributed by atoms with Crippen LogP contribution in [0.3, 0.4) is 0 Å². The molecule has 7 aromatic carbocycles. The number of ether oxygens (including phenoxy) is 4. The maximum atomic E-state index is 15.6. The molecule has 5 unspecified atom stereocenters. The number of nitrogens with zero attached hydrogens (tertiary/aromatic N) is 9. The quantitative estimate of drug-likeness (QED) is 0.0204. The molecule has 742 valence electrons. The molecule has 6 saturated carbocycles. The highest BCUT2D eigenvalue weighted by molar-refractivity contribution is 8.02. The van der Waals surface area contributed by atoms with Gasteiger partial charge in [0.25, 0.3) is 0 Å². The van der Waals surface area contributed by atoms with Gasteiger partial charge in [0.15, 0.2) is 34.0 Å². The van der Waals surface area contributed by atoms with Crippen molar-refractivity contribution in [3.63, 3.8) is 0 Å². The molecule has 3 aromatic heterocycles. The molecule has 0 amide bonds. The van der Waals surface area contributed by atoms with Gasteiger partial charge in [-0.25, -0.2) is 37.4 Å². The number of methoxy groups -OCH3 is 3. The molecular weight excluding hydrogens is 1890 g/mol. The van der Waals surface area contributed by atoms with E-state index in [2.05, 4.69) is 43.2 Å². The minimum atomic E-state index is -4.73. The van der Waals surface area contributed by atoms with Crippen molar-refractivity contribution in [2.45, 2.75) is 287 Å². The molecule has 0 bridgehead atoms. The van der Waals surface area contributed by atoms with E-state index in [1.165, 1.54) is 102 Å². The molecule has 0 radical (unpaired) electrons. The number of ketones is 3. The minimum absolute atomic E-state index is 0.00368. The smallest absolute Gasteiger partial charge is 0.364 e. The first-order valence-corrected chi connectivity index (χ1v) is 52.0. The van der Waals surface area contributed by atoms with Crippen molar-refractivity contribution < 1.29 is 89.9 Å². The number of hydrogen-bond donors (Lipinski definition) is 0. The summed E-state index contributed by atoms with van der Waals surface area (Å²) in [4.78, 5) is 46.5. The molecular formula is C102H123F10N9O10S6. The van der Waals surface area contributed by atoms with Crippen LogP contribution in [0.15, 0.2) is 165 Å². The van der Waals surface area contributed by atoms with Crippen LogP contribution in [-0.2, 0) is 81.6 Å². The second kappa shape index (κ2) is 45.3. The third-order valence-corrected chi connectivity index (χ3v) is 34.5. The van der Waals surface area contributed by atoms with E-state index in [9.17, 15) is 44.6 Å². The molecule has 1 saturated heterocycles. The molecule has 35 heteroatoms. The van der Waals surface area contributed by atoms with Crippen molar-refractivity contribution in [2.75, 3.05) is 33.7 Å². The highest BCUT2D eigenvalue weighted by Crippen LogP contribution is 2.61. The Balaban J connectivity index is 0.000000155. The Hall–Kier alpha value is -8.39. The van der Waals surface area contributed by atoms with Gasteiger partial charge in [-0.15, -0.1) is 0 Å². The molecule has 19 nitrogen and oxygen atoms in total. The average molecular weight is 2020 g/mol. The van der Waals surface area contributed by atoms with Crippen molar-refractivity contribution in [1.82, 2.24) is 44.3 Å². The number of sulfone groups is 1. The SMILES string of the molecule is CCC(=O)c1ccc(C)cc1C.COC(Cn1cncn1)(c1ccc(C)cc1C)C(F)(F)S(=O)(=O)C1CC1.COC(Cn1cncn1)(c1ccc(C)cc1C)C(F)(F)S(=O)C1CC1.COC(Cn1cncn1)(c1ccc(C)cc1C)C(F)(F)SC1CC1.Cc1ccc(C(=O)C(F)(F)SC2CC2)c(C)c1.Cc1ccc(C(=O)CSC2CC2)c(C)c1.Cc1ccc(C2(C(F)(F)SC3CC3)CO2)c(C)c1. The predicted molar refractivity (Wildman–Crippen MR) is 524 cm³/mol. The Kier molecular flexibility index (Phi) is 36.0. The zero-order chi connectivity index (χ0) is 100. The van der Waals surface area contributed by atoms with Gasteiger partial charge in [-0.1, -0.05) is 209 Å². The van der Waals surface area contributed by atoms with Gasteiger partial charge in [-0.3, -0.25) is 18.6 Å². The number of Topliss-reactive ketones (excluding diaryl/α,β-unsaturated/α-hetero) is 3. The van der Waals surface area contributed by atoms with Crippen LogP contribution in [0.5, 0.6) is 0 Å². The van der Waals surface area contributed by atoms with Crippen LogP contribution in [0, 0.1) is 96.9 Å². The van der Waals surface area contributed by atoms with E-state index < -0.39 is 92.1 Å². The molecule has 137 heavy (non-hydrogen) atoms. The van der Waals surface area contributed by atoms with Gasteiger partial charge < -0.3 is 18.9 Å². The Morgan fingerprint density at radius 1 is 0.438 bits per heavy atom. The highest BCUT2D eigenvalue weighted by atomic mass is 32.2. The molecule has 7 fully saturated rings. The van der Waals surface area contributed by atoms with E-state index in [4.69, 9.17) is 18.9 Å². The molecule has 0 N–H and O–H groups in total. The van der Waals surface area contributed by atoms with Gasteiger partial charge in [0.1, 0.15) is 38.0 Å². The zero-order valence-electron chi connectivity index (χ0n) is 80.6. The summed E-state index contributed by atoms with van der Waals surface area (Å²) in [6.45, 7) is 27.6. The Bertz CT molecular complexity index is 5970. The van der Waals surface area contributed by atoms with E-state index in [-0.39, 0.29) is 71.0 Å². The highest BCUT2D eigenvalue weighted by Gasteiger charge is 2.70. The maximum absolute atomic E-state index is 15.6. The van der Waals surface area contributed by atoms with Crippen LogP contribution >= 0.6 is 47.0 Å². The summed E-state index contributed by atoms with van der Waals surface area (Å²) in [6.07, 6.45) is 17.7. The number of hydrogen-bond acceptors (Lipinski definition) is 20. The fraction of sp³-hybridized carbons (Fsp3) is 0.500. The van der Waals surface area contributed by atoms with Crippen molar-refractivity contribution in [1.29, 1.82) is 0 Å². The Morgan fingerprint density at radius 2 is 0.788 bits per heavy atom. The monoisotopic (exact) mass is 2020 g/mol. The lowest BCUT2D eigenvalue weighted by Crippen LogP contribution is -2.55. The van der Waals surface area contributed by atoms with Crippen molar-refractivity contribution in [3.8, 4) is 0 Å². The number of carbonyl (C=O) groups is 3. The van der Waals surface area contributed by atoms with Crippen molar-refractivity contribution in [2.24, 2.45) is 0 Å². The van der Waals surface area contributed by atoms with Crippen LogP contribution < -0.4 is 0 Å². The first-order chi connectivity index (χ1) is 64.5. The Labute approximate surface area is 816 Å². The number of aromatic nitrogens is 9. The van der Waals surface area contributed by atoms with Crippen LogP contribution in [0.2, 0.25) is 0 Å². The second-order valence-electron chi connectivity index (χ2n) is 36.5. The number of carbonyl (C=O) groups excluding carboxylic acids is 3. The number of rotatable bonds is 35. The standard InChI is InChI=1S/C17H21F2N3O3S.C17H21F2N3O2S.C17H21F2N3OS.C14H16F2OS.C13H14F2OS.C13H16OS.C11H14O/c1-12-4-7-15(13(2)8-12)16(25-3,9-22-11-20-10-21-22)17(18,19)26(23,24)14-5-6-14;1-12-4-7-15(13(2)8-12)16(24-3,9-22-11-20-10-21-22)17(18,19)25(23)14-5-6-14;1-12-4-7-15(13(2)8-12)16(23-3,9-22-11-20-10-21-22)17(18,19)24-14-5-6-14;1-9-3-6-12(10(2)7-9)13(8-17-13)14(15,16)18-11-4-5-11;1-8-3-6-11(9(2)7-8)12(16)13(14,15)17-10-4-5-10;1-9-3-6-12(10(2)7-9)13(14)8-15-11-4-5-11;1-4-11(12)10-6-5-8(2)7-9(10)3/h4,7-8,10-11,14H,5-6,9H2,1-3H3;4,7-8,10-11,14H,5-6,9H2,1-3H3;4,7-8,10-11,14H,5-6,9H2,1-3H3;3,6-7,11H,4-5,8H2,1-2H3;3,6-7,10H,4-5H2,1-2H3;3,6-7,11H,4-5,8H2,1-2H3;5-7H,4H2,1-3H3. The molecule has 17 rings (SSSR count). The molecule has 10 aromatic rings. The number of halogens is 10. The van der Waals surface area contributed by atoms with Crippen LogP contribution in [0.4, 0.5) is 43.9 Å². The molecule has 0 spiro atoms. The lowest BCUT2D eigenvalue weighted by molar-refractivity contribution is -0.165. The topological polar surface area (TPSA) is 235 Å². The van der Waals surface area contributed by atoms with E-state index in [0.717, 1.165) is 124 Å². The average Bonchev–Trinajstić information content (AvgIpc) is 1.60. The van der Waals surface area contributed by atoms with Crippen molar-refractivity contribution in [3.05, 3.63) is 282 Å². The third-order valence-electron chi connectivity index (χ3n) is 24.6. The summed E-state index contributed by atoms with van der Waals surface area (Å²) in [7, 11) is -3.39. The van der Waals surface area contributed by atoms with Gasteiger partial charge in [0, 0.05) is 70.7 Å². The summed E-state index contributed by atoms with van der Waals surface area (Å²) >= 11 is 3.81. The minimum Gasteiger partial charge on any atom is -0.364 e. The number of epoxide rings is 1. The summed E-state index contributed by atoms with van der Waals surface area (Å²) in [5.41, 5.74) is 8.81. The van der Waals surface area contributed by atoms with Crippen molar-refractivity contribution >= 4 is 85.0 Å². The van der Waals surface area contributed by atoms with Crippen LogP contribution in [-0.4, -0.2) is 166 Å². The summed E-state index contributed by atoms with van der Waals surface area (Å²) < 4.78 is 212. The van der Waals surface area contributed by atoms with E-state index in [1.54, 1.807) is 69.3 Å². The maximum Gasteiger partial charge on any atom is 0.379 e. The van der Waals surface area contributed by atoms with E-state index in [0.29, 0.717) is 81.9 Å². The number of benzene rings is 7. The van der Waals surface area contributed by atoms with Gasteiger partial charge in [-0.2, -0.15) is 71.0 Å². The van der Waals surface area contributed by atoms with Gasteiger partial charge in [-0.05, 0) is 235 Å². The molecule has 4 heterocycles. The third kappa shape index (κ3) is 26.5. The summed E-state index contributed by atoms with van der Waals surface area (Å²) in [6, 6.07) is 38.1. The summed E-state index contributed by atoms with van der Waals surface area (Å²) in [5.74, 6) is 0.0954. The second-order valence-corrected chi connectivity index (χ2v) is 46.1. The van der Waals surface area contributed by atoms with Crippen LogP contribution in [0.25, 0.3) is 0 Å². The molecule has 1 aliphatic heterocycles. The lowest BCUT2D eigenvalue weighted by Gasteiger charge is -2.40. The fourth-order valence-electron chi connectivity index (χ4n) is 16.2. The van der Waals surface area contributed by atoms with Crippen LogP contribution in [0.1, 0.15) is 222 Å². The van der Waals surface area contributed by atoms with Gasteiger partial charge in [0.05, 0.1) is 48.0 Å². The summed E-state index contributed by atoms with van der Waals surface area (Å²) in [5, 5.41) is -5.76.